The molecule has 0 aromatic heterocycles. The third-order valence-corrected chi connectivity index (χ3v) is 3.91. The first kappa shape index (κ1) is 18.3. The molecule has 21 heavy (non-hydrogen) atoms. The van der Waals surface area contributed by atoms with Crippen LogP contribution >= 0.6 is 24.0 Å². The van der Waals surface area contributed by atoms with Gasteiger partial charge in [0.25, 0.3) is 0 Å². The largest absolute Gasteiger partial charge is 0.356 e. The maximum atomic E-state index is 4.30. The monoisotopic (exact) mass is 401 g/mol. The van der Waals surface area contributed by atoms with Crippen LogP contribution in [0.1, 0.15) is 38.2 Å². The highest BCUT2D eigenvalue weighted by Crippen LogP contribution is 2.34. The van der Waals surface area contributed by atoms with Gasteiger partial charge in [-0.25, -0.2) is 0 Å². The highest BCUT2D eigenvalue weighted by molar-refractivity contribution is 14.0. The highest BCUT2D eigenvalue weighted by Gasteiger charge is 2.36. The van der Waals surface area contributed by atoms with Gasteiger partial charge in [-0.2, -0.15) is 0 Å². The van der Waals surface area contributed by atoms with Crippen molar-refractivity contribution in [2.45, 2.75) is 45.1 Å². The smallest absolute Gasteiger partial charge is 0.191 e. The van der Waals surface area contributed by atoms with E-state index in [1.165, 1.54) is 24.8 Å². The van der Waals surface area contributed by atoms with Gasteiger partial charge in [0.15, 0.2) is 5.96 Å². The molecule has 0 heterocycles. The molecule has 4 heteroatoms. The van der Waals surface area contributed by atoms with Gasteiger partial charge in [-0.3, -0.25) is 4.99 Å². The Hall–Kier alpha value is -0.780. The second-order valence-electron chi connectivity index (χ2n) is 5.62. The highest BCUT2D eigenvalue weighted by atomic mass is 127. The number of benzene rings is 1. The zero-order chi connectivity index (χ0) is 14.2. The number of aliphatic imine (C=N–C) groups is 1. The molecule has 1 aromatic carbocycles. The van der Waals surface area contributed by atoms with Crippen LogP contribution in [0.15, 0.2) is 35.3 Å². The van der Waals surface area contributed by atoms with Crippen molar-refractivity contribution in [3.8, 4) is 0 Å². The number of nitrogens with zero attached hydrogens (tertiary/aromatic N) is 1. The molecule has 2 rings (SSSR count). The van der Waals surface area contributed by atoms with Crippen molar-refractivity contribution in [2.75, 3.05) is 13.6 Å². The van der Waals surface area contributed by atoms with Crippen molar-refractivity contribution in [1.29, 1.82) is 0 Å². The van der Waals surface area contributed by atoms with Crippen LogP contribution in [0.4, 0.5) is 0 Å². The first-order valence-corrected chi connectivity index (χ1v) is 7.84. The van der Waals surface area contributed by atoms with Gasteiger partial charge in [-0.05, 0) is 37.2 Å². The lowest BCUT2D eigenvalue weighted by molar-refractivity contribution is 0.652. The summed E-state index contributed by atoms with van der Waals surface area (Å²) in [6.45, 7) is 3.23. The van der Waals surface area contributed by atoms with Crippen LogP contribution in [0, 0.1) is 5.92 Å². The van der Waals surface area contributed by atoms with E-state index < -0.39 is 0 Å². The van der Waals surface area contributed by atoms with Crippen molar-refractivity contribution < 1.29 is 0 Å². The van der Waals surface area contributed by atoms with Crippen LogP contribution in [-0.4, -0.2) is 25.6 Å². The van der Waals surface area contributed by atoms with E-state index >= 15 is 0 Å². The lowest BCUT2D eigenvalue weighted by Crippen LogP contribution is -2.39. The summed E-state index contributed by atoms with van der Waals surface area (Å²) in [6.07, 6.45) is 6.17. The summed E-state index contributed by atoms with van der Waals surface area (Å²) in [4.78, 5) is 4.30. The van der Waals surface area contributed by atoms with Crippen molar-refractivity contribution in [2.24, 2.45) is 10.9 Å². The molecule has 0 spiro atoms. The second-order valence-corrected chi connectivity index (χ2v) is 5.62. The molecule has 1 fully saturated rings. The van der Waals surface area contributed by atoms with Crippen molar-refractivity contribution in [3.05, 3.63) is 35.9 Å². The molecule has 118 valence electrons. The molecular formula is C17H28IN3. The standard InChI is InChI=1S/C17H27N3.HI/c1-3-8-15-13-16(15)20-17(18-2)19-12-7-11-14-9-5-4-6-10-14;/h4-6,9-10,15-16H,3,7-8,11-13H2,1-2H3,(H2,18,19,20);1H. The SMILES string of the molecule is CCCC1CC1NC(=NC)NCCCc1ccccc1.I. The van der Waals surface area contributed by atoms with Gasteiger partial charge < -0.3 is 10.6 Å². The first-order valence-electron chi connectivity index (χ1n) is 7.84. The number of guanidine groups is 1. The Labute approximate surface area is 146 Å². The quantitative estimate of drug-likeness (QED) is 0.317. The van der Waals surface area contributed by atoms with Gasteiger partial charge in [-0.15, -0.1) is 24.0 Å². The Kier molecular flexibility index (Phi) is 8.73. The average molecular weight is 401 g/mol. The molecule has 0 radical (unpaired) electrons. The maximum absolute atomic E-state index is 4.30. The molecule has 0 saturated heterocycles. The molecule has 1 aliphatic rings. The van der Waals surface area contributed by atoms with Crippen LogP contribution in [0.3, 0.4) is 0 Å². The van der Waals surface area contributed by atoms with Crippen LogP contribution in [0.25, 0.3) is 0 Å². The normalized spacial score (nSPS) is 20.6. The average Bonchev–Trinajstić information content (AvgIpc) is 3.21. The number of aryl methyl sites for hydroxylation is 1. The lowest BCUT2D eigenvalue weighted by Gasteiger charge is -2.11. The van der Waals surface area contributed by atoms with Gasteiger partial charge in [0, 0.05) is 19.6 Å². The van der Waals surface area contributed by atoms with Crippen molar-refractivity contribution >= 4 is 29.9 Å². The minimum Gasteiger partial charge on any atom is -0.356 e. The predicted octanol–water partition coefficient (Wildman–Crippen LogP) is 3.59. The van der Waals surface area contributed by atoms with Crippen LogP contribution < -0.4 is 10.6 Å². The topological polar surface area (TPSA) is 36.4 Å². The number of nitrogens with one attached hydrogen (secondary N) is 2. The van der Waals surface area contributed by atoms with Crippen LogP contribution in [-0.2, 0) is 6.42 Å². The summed E-state index contributed by atoms with van der Waals surface area (Å²) < 4.78 is 0. The fraction of sp³-hybridized carbons (Fsp3) is 0.588. The molecular weight excluding hydrogens is 373 g/mol. The molecule has 2 atom stereocenters. The molecule has 1 saturated carbocycles. The summed E-state index contributed by atoms with van der Waals surface area (Å²) in [7, 11) is 1.85. The summed E-state index contributed by atoms with van der Waals surface area (Å²) in [6, 6.07) is 11.3. The molecule has 0 bridgehead atoms. The van der Waals surface area contributed by atoms with Gasteiger partial charge in [0.2, 0.25) is 0 Å². The minimum absolute atomic E-state index is 0. The van der Waals surface area contributed by atoms with E-state index in [4.69, 9.17) is 0 Å². The summed E-state index contributed by atoms with van der Waals surface area (Å²) >= 11 is 0. The van der Waals surface area contributed by atoms with E-state index in [9.17, 15) is 0 Å². The molecule has 2 N–H and O–H groups in total. The Bertz CT molecular complexity index is 419. The Morgan fingerprint density at radius 3 is 2.71 bits per heavy atom. The molecule has 0 amide bonds. The third-order valence-electron chi connectivity index (χ3n) is 3.91. The van der Waals surface area contributed by atoms with Gasteiger partial charge in [0.1, 0.15) is 0 Å². The van der Waals surface area contributed by atoms with E-state index in [-0.39, 0.29) is 24.0 Å². The lowest BCUT2D eigenvalue weighted by atomic mass is 10.1. The van der Waals surface area contributed by atoms with Crippen molar-refractivity contribution in [1.82, 2.24) is 10.6 Å². The number of rotatable bonds is 7. The van der Waals surface area contributed by atoms with Crippen LogP contribution in [0.2, 0.25) is 0 Å². The summed E-state index contributed by atoms with van der Waals surface area (Å²) in [5.74, 6) is 1.82. The van der Waals surface area contributed by atoms with E-state index in [0.29, 0.717) is 6.04 Å². The van der Waals surface area contributed by atoms with Gasteiger partial charge in [-0.1, -0.05) is 43.7 Å². The Morgan fingerprint density at radius 1 is 1.29 bits per heavy atom. The van der Waals surface area contributed by atoms with Crippen molar-refractivity contribution in [3.63, 3.8) is 0 Å². The molecule has 1 aliphatic carbocycles. The number of hydrogen-bond donors (Lipinski definition) is 2. The zero-order valence-corrected chi connectivity index (χ0v) is 15.5. The Morgan fingerprint density at radius 2 is 2.05 bits per heavy atom. The predicted molar refractivity (Wildman–Crippen MR) is 101 cm³/mol. The molecule has 1 aromatic rings. The number of hydrogen-bond acceptors (Lipinski definition) is 1. The third kappa shape index (κ3) is 6.68. The summed E-state index contributed by atoms with van der Waals surface area (Å²) in [5.41, 5.74) is 1.41. The Balaban J connectivity index is 0.00000220. The van der Waals surface area contributed by atoms with E-state index in [2.05, 4.69) is 52.9 Å². The molecule has 2 unspecified atom stereocenters. The summed E-state index contributed by atoms with van der Waals surface area (Å²) in [5, 5.41) is 6.93. The van der Waals surface area contributed by atoms with E-state index in [0.717, 1.165) is 31.3 Å². The van der Waals surface area contributed by atoms with Gasteiger partial charge >= 0.3 is 0 Å². The molecule has 3 nitrogen and oxygen atoms in total. The zero-order valence-electron chi connectivity index (χ0n) is 13.1. The maximum Gasteiger partial charge on any atom is 0.191 e. The minimum atomic E-state index is 0. The van der Waals surface area contributed by atoms with E-state index in [1.807, 2.05) is 7.05 Å². The molecule has 0 aliphatic heterocycles. The second kappa shape index (κ2) is 10.0. The fourth-order valence-corrected chi connectivity index (χ4v) is 2.63. The van der Waals surface area contributed by atoms with Gasteiger partial charge in [0.05, 0.1) is 0 Å². The van der Waals surface area contributed by atoms with Crippen LogP contribution in [0.5, 0.6) is 0 Å². The fourth-order valence-electron chi connectivity index (χ4n) is 2.63. The van der Waals surface area contributed by atoms with E-state index in [1.54, 1.807) is 0 Å². The first-order chi connectivity index (χ1) is 9.83. The number of halogens is 1.